The van der Waals surface area contributed by atoms with E-state index in [-0.39, 0.29) is 63.4 Å². The average Bonchev–Trinajstić information content (AvgIpc) is 3.17. The van der Waals surface area contributed by atoms with Gasteiger partial charge < -0.3 is 36.1 Å². The van der Waals surface area contributed by atoms with E-state index in [2.05, 4.69) is 40.8 Å². The van der Waals surface area contributed by atoms with E-state index >= 15 is 0 Å². The number of nitrogens with zero attached hydrogens (tertiary/aromatic N) is 1. The van der Waals surface area contributed by atoms with Crippen LogP contribution < -0.4 is 26.6 Å². The highest BCUT2D eigenvalue weighted by Crippen LogP contribution is 2.12. The van der Waals surface area contributed by atoms with Crippen LogP contribution in [0, 0.1) is 5.15 Å². The number of unbranched alkanes of at least 4 members (excludes halogenated alkanes) is 1. The predicted octanol–water partition coefficient (Wildman–Crippen LogP) is -0.122. The SMILES string of the molecule is CCOC(=O)NCCCCC(NC(=O)OCC)C(=O)NCCNC(=O)CCN1C(=O)CC(NC)C1=O.[2H]N=P. The number of likely N-dealkylation sites (tertiary alicyclic amines) is 1. The topological polar surface area (TPSA) is 208 Å². The van der Waals surface area contributed by atoms with E-state index in [9.17, 15) is 28.8 Å². The number of likely N-dealkylation sites (N-methyl/N-ethyl adjacent to an activating group) is 1. The molecule has 216 valence electrons. The van der Waals surface area contributed by atoms with Crippen molar-refractivity contribution in [2.45, 2.75) is 58.0 Å². The summed E-state index contributed by atoms with van der Waals surface area (Å²) in [4.78, 5) is 72.7. The van der Waals surface area contributed by atoms with Crippen LogP contribution in [0.5, 0.6) is 0 Å². The minimum absolute atomic E-state index is 0.00933. The summed E-state index contributed by atoms with van der Waals surface area (Å²) in [6.45, 7) is 4.36. The van der Waals surface area contributed by atoms with Gasteiger partial charge in [0.1, 0.15) is 6.04 Å². The van der Waals surface area contributed by atoms with E-state index in [1.54, 1.807) is 20.9 Å². The molecule has 0 aromatic heterocycles. The second-order valence-corrected chi connectivity index (χ2v) is 7.88. The highest BCUT2D eigenvalue weighted by molar-refractivity contribution is 7.02. The van der Waals surface area contributed by atoms with Gasteiger partial charge in [-0.15, -0.1) is 0 Å². The summed E-state index contributed by atoms with van der Waals surface area (Å²) in [6, 6.07) is -1.41. The van der Waals surface area contributed by atoms with Gasteiger partial charge in [-0.05, 0) is 49.2 Å². The maximum atomic E-state index is 12.5. The predicted molar refractivity (Wildman–Crippen MR) is 139 cm³/mol. The minimum Gasteiger partial charge on any atom is -0.450 e. The summed E-state index contributed by atoms with van der Waals surface area (Å²) in [5.41, 5.74) is 0. The van der Waals surface area contributed by atoms with Gasteiger partial charge in [0, 0.05) is 32.6 Å². The molecule has 1 fully saturated rings. The molecule has 6 amide bonds. The third-order valence-corrected chi connectivity index (χ3v) is 5.25. The number of hydrogen-bond donors (Lipinski definition) is 6. The highest BCUT2D eigenvalue weighted by atomic mass is 31.0. The highest BCUT2D eigenvalue weighted by Gasteiger charge is 2.37. The van der Waals surface area contributed by atoms with Gasteiger partial charge >= 0.3 is 12.2 Å². The van der Waals surface area contributed by atoms with Gasteiger partial charge in [-0.2, -0.15) is 0 Å². The molecular weight excluding hydrogens is 521 g/mol. The number of carbonyl (C=O) groups is 6. The smallest absolute Gasteiger partial charge is 0.407 e. The van der Waals surface area contributed by atoms with Gasteiger partial charge in [0.15, 0.2) is 1.41 Å². The molecule has 1 aliphatic rings. The average molecular weight is 563 g/mol. The van der Waals surface area contributed by atoms with E-state index in [4.69, 9.17) is 10.9 Å². The number of carbonyl (C=O) groups excluding carboxylic acids is 6. The van der Waals surface area contributed by atoms with E-state index in [0.29, 0.717) is 25.8 Å². The molecule has 1 heterocycles. The quantitative estimate of drug-likeness (QED) is 0.0840. The van der Waals surface area contributed by atoms with Gasteiger partial charge in [0.25, 0.3) is 0 Å². The van der Waals surface area contributed by atoms with Crippen molar-refractivity contribution in [3.05, 3.63) is 0 Å². The second kappa shape index (κ2) is 20.7. The normalized spacial score (nSPS) is 15.3. The number of amides is 6. The van der Waals surface area contributed by atoms with Crippen molar-refractivity contribution < 1.29 is 39.7 Å². The maximum Gasteiger partial charge on any atom is 0.407 e. The van der Waals surface area contributed by atoms with E-state index in [0.717, 1.165) is 4.90 Å². The van der Waals surface area contributed by atoms with Crippen LogP contribution in [0.2, 0.25) is 1.41 Å². The first-order valence-corrected chi connectivity index (χ1v) is 12.8. The van der Waals surface area contributed by atoms with Crippen molar-refractivity contribution in [1.29, 1.82) is 5.15 Å². The van der Waals surface area contributed by atoms with E-state index in [1.807, 2.05) is 0 Å². The van der Waals surface area contributed by atoms with Crippen LogP contribution in [0.25, 0.3) is 0 Å². The molecule has 0 aromatic rings. The van der Waals surface area contributed by atoms with Gasteiger partial charge in [-0.25, -0.2) is 9.59 Å². The molecule has 0 aliphatic carbocycles. The first kappa shape index (κ1) is 32.7. The summed E-state index contributed by atoms with van der Waals surface area (Å²) < 4.78 is 15.4. The van der Waals surface area contributed by atoms with E-state index < -0.39 is 30.2 Å². The molecule has 0 bridgehead atoms. The first-order chi connectivity index (χ1) is 18.6. The van der Waals surface area contributed by atoms with Crippen molar-refractivity contribution in [2.75, 3.05) is 46.4 Å². The third-order valence-electron chi connectivity index (χ3n) is 5.25. The van der Waals surface area contributed by atoms with Crippen LogP contribution in [0.4, 0.5) is 9.59 Å². The summed E-state index contributed by atoms with van der Waals surface area (Å²) in [5.74, 6) is -1.48. The molecule has 1 aliphatic heterocycles. The molecule has 0 aromatic carbocycles. The van der Waals surface area contributed by atoms with Gasteiger partial charge in [-0.1, -0.05) is 0 Å². The first-order valence-electron chi connectivity index (χ1n) is 12.8. The lowest BCUT2D eigenvalue weighted by molar-refractivity contribution is -0.139. The molecule has 2 unspecified atom stereocenters. The molecule has 0 spiro atoms. The Morgan fingerprint density at radius 1 is 1.05 bits per heavy atom. The van der Waals surface area contributed by atoms with Crippen molar-refractivity contribution in [2.24, 2.45) is 0 Å². The maximum absolute atomic E-state index is 12.5. The molecule has 2 atom stereocenters. The number of rotatable bonds is 16. The van der Waals surface area contributed by atoms with Crippen LogP contribution in [-0.2, 0) is 28.7 Å². The molecule has 6 N–H and O–H groups in total. The summed E-state index contributed by atoms with van der Waals surface area (Å²) >= 11 is 0. The molecule has 16 heteroatoms. The summed E-state index contributed by atoms with van der Waals surface area (Å²) in [5, 5.41) is 15.7. The fourth-order valence-corrected chi connectivity index (χ4v) is 3.39. The van der Waals surface area contributed by atoms with Crippen molar-refractivity contribution in [3.63, 3.8) is 0 Å². The Labute approximate surface area is 226 Å². The zero-order chi connectivity index (χ0) is 29.6. The number of nitrogens with one attached hydrogen (secondary N) is 6. The molecular formula is C22H40N7O8P. The fraction of sp³-hybridized carbons (Fsp3) is 0.727. The van der Waals surface area contributed by atoms with Crippen molar-refractivity contribution >= 4 is 44.8 Å². The summed E-state index contributed by atoms with van der Waals surface area (Å²) in [6.07, 6.45) is 0.213. The Hall–Kier alpha value is -3.32. The second-order valence-electron chi connectivity index (χ2n) is 7.88. The molecule has 1 saturated heterocycles. The molecule has 0 radical (unpaired) electrons. The minimum atomic E-state index is -0.852. The van der Waals surface area contributed by atoms with Crippen molar-refractivity contribution in [1.82, 2.24) is 31.5 Å². The Balaban J connectivity index is 0.00000458. The number of alkyl carbamates (subject to hydrolysis) is 2. The lowest BCUT2D eigenvalue weighted by atomic mass is 10.1. The Kier molecular flexibility index (Phi) is 17.8. The fourth-order valence-electron chi connectivity index (χ4n) is 3.39. The largest absolute Gasteiger partial charge is 0.450 e. The Morgan fingerprint density at radius 2 is 1.68 bits per heavy atom. The molecule has 0 saturated carbocycles. The van der Waals surface area contributed by atoms with Gasteiger partial charge in [0.05, 0.1) is 25.7 Å². The zero-order valence-electron chi connectivity index (χ0n) is 23.1. The van der Waals surface area contributed by atoms with Crippen molar-refractivity contribution in [3.8, 4) is 0 Å². The number of hydrogen-bond acceptors (Lipinski definition) is 10. The standard InChI is InChI=1S/C22H38N6O8.H2NP/c1-4-35-21(33)26-10-7-6-8-15(27-22(34)36-5-2)19(31)25-12-11-24-17(29)9-13-28-18(30)14-16(23-3)20(28)32;1-2/h15-16,23H,4-14H2,1-3H3,(H,24,29)(H,25,31)(H,26,33)(H,27,34);1-2H/i/hD. The molecule has 38 heavy (non-hydrogen) atoms. The van der Waals surface area contributed by atoms with Gasteiger partial charge in [-0.3, -0.25) is 29.2 Å². The lowest BCUT2D eigenvalue weighted by Gasteiger charge is -2.18. The van der Waals surface area contributed by atoms with Crippen LogP contribution in [0.15, 0.2) is 0 Å². The Bertz CT molecular complexity index is 836. The lowest BCUT2D eigenvalue weighted by Crippen LogP contribution is -2.48. The third kappa shape index (κ3) is 13.8. The van der Waals surface area contributed by atoms with Crippen LogP contribution in [-0.4, -0.2) is 99.2 Å². The van der Waals surface area contributed by atoms with E-state index in [1.165, 1.54) is 0 Å². The molecule has 15 nitrogen and oxygen atoms in total. The van der Waals surface area contributed by atoms with Gasteiger partial charge in [0.2, 0.25) is 23.6 Å². The zero-order valence-corrected chi connectivity index (χ0v) is 23.1. The number of ether oxygens (including phenoxy) is 2. The molecule has 1 rings (SSSR count). The van der Waals surface area contributed by atoms with Crippen LogP contribution >= 0.6 is 9.03 Å². The monoisotopic (exact) mass is 562 g/mol. The Morgan fingerprint density at radius 3 is 2.29 bits per heavy atom. The summed E-state index contributed by atoms with van der Waals surface area (Å²) in [7, 11) is 4.07. The van der Waals surface area contributed by atoms with Crippen LogP contribution in [0.3, 0.4) is 0 Å². The number of imide groups is 1. The van der Waals surface area contributed by atoms with Crippen LogP contribution in [0.1, 0.15) is 46.0 Å².